The molecule has 0 fully saturated rings. The first-order valence-electron chi connectivity index (χ1n) is 6.27. The number of hydrogen-bond acceptors (Lipinski definition) is 3. The highest BCUT2D eigenvalue weighted by Gasteiger charge is 2.08. The third-order valence-corrected chi connectivity index (χ3v) is 2.98. The molecule has 2 aromatic rings. The Hall–Kier alpha value is -2.38. The van der Waals surface area contributed by atoms with Crippen LogP contribution >= 0.6 is 0 Å². The van der Waals surface area contributed by atoms with Crippen molar-refractivity contribution in [1.82, 2.24) is 0 Å². The van der Waals surface area contributed by atoms with Crippen molar-refractivity contribution in [2.75, 3.05) is 0 Å². The minimum absolute atomic E-state index is 0.0235. The Morgan fingerprint density at radius 2 is 2.05 bits per heavy atom. The summed E-state index contributed by atoms with van der Waals surface area (Å²) in [6, 6.07) is 13.8. The lowest BCUT2D eigenvalue weighted by Crippen LogP contribution is -2.05. The van der Waals surface area contributed by atoms with Crippen molar-refractivity contribution < 1.29 is 9.13 Å². The van der Waals surface area contributed by atoms with Crippen LogP contribution in [0.1, 0.15) is 29.7 Å². The quantitative estimate of drug-likeness (QED) is 0.927. The van der Waals surface area contributed by atoms with E-state index in [4.69, 9.17) is 15.7 Å². The molecule has 0 amide bonds. The molecule has 0 aliphatic rings. The standard InChI is InChI=1S/C16H15FN2O/c1-11(19)12-4-3-7-15(8-12)20-10-14-6-2-5-13(9-18)16(14)17/h2-8,11H,10,19H2,1H3/t11-/m0/s1. The van der Waals surface area contributed by atoms with E-state index in [0.717, 1.165) is 5.56 Å². The molecule has 2 aromatic carbocycles. The van der Waals surface area contributed by atoms with Gasteiger partial charge < -0.3 is 10.5 Å². The molecule has 3 nitrogen and oxygen atoms in total. The van der Waals surface area contributed by atoms with E-state index in [2.05, 4.69) is 0 Å². The highest BCUT2D eigenvalue weighted by atomic mass is 19.1. The van der Waals surface area contributed by atoms with Crippen molar-refractivity contribution in [3.8, 4) is 11.8 Å². The average molecular weight is 270 g/mol. The van der Waals surface area contributed by atoms with Crippen LogP contribution in [0.15, 0.2) is 42.5 Å². The van der Waals surface area contributed by atoms with E-state index in [1.54, 1.807) is 18.2 Å². The minimum atomic E-state index is -0.529. The van der Waals surface area contributed by atoms with Crippen molar-refractivity contribution >= 4 is 0 Å². The largest absolute Gasteiger partial charge is 0.489 e. The highest BCUT2D eigenvalue weighted by Crippen LogP contribution is 2.20. The lowest BCUT2D eigenvalue weighted by atomic mass is 10.1. The van der Waals surface area contributed by atoms with Gasteiger partial charge in [-0.25, -0.2) is 4.39 Å². The number of hydrogen-bond donors (Lipinski definition) is 1. The third kappa shape index (κ3) is 3.14. The van der Waals surface area contributed by atoms with Crippen molar-refractivity contribution in [1.29, 1.82) is 5.26 Å². The molecule has 0 saturated heterocycles. The Kier molecular flexibility index (Phi) is 4.34. The Bertz CT molecular complexity index is 647. The Labute approximate surface area is 117 Å². The van der Waals surface area contributed by atoms with E-state index in [0.29, 0.717) is 11.3 Å². The number of benzene rings is 2. The zero-order valence-corrected chi connectivity index (χ0v) is 11.1. The van der Waals surface area contributed by atoms with Gasteiger partial charge in [0, 0.05) is 11.6 Å². The summed E-state index contributed by atoms with van der Waals surface area (Å²) < 4.78 is 19.4. The van der Waals surface area contributed by atoms with Gasteiger partial charge in [-0.05, 0) is 30.7 Å². The summed E-state index contributed by atoms with van der Waals surface area (Å²) in [5.41, 5.74) is 7.13. The summed E-state index contributed by atoms with van der Waals surface area (Å²) in [6.07, 6.45) is 0. The predicted molar refractivity (Wildman–Crippen MR) is 74.5 cm³/mol. The highest BCUT2D eigenvalue weighted by molar-refractivity contribution is 5.35. The number of nitrogens with two attached hydrogens (primary N) is 1. The molecule has 0 unspecified atom stereocenters. The molecule has 4 heteroatoms. The van der Waals surface area contributed by atoms with Crippen LogP contribution in [-0.2, 0) is 6.61 Å². The van der Waals surface area contributed by atoms with E-state index in [9.17, 15) is 4.39 Å². The van der Waals surface area contributed by atoms with Crippen LogP contribution in [0.25, 0.3) is 0 Å². The topological polar surface area (TPSA) is 59.0 Å². The fourth-order valence-corrected chi connectivity index (χ4v) is 1.83. The first kappa shape index (κ1) is 14.0. The van der Waals surface area contributed by atoms with Gasteiger partial charge in [0.25, 0.3) is 0 Å². The van der Waals surface area contributed by atoms with E-state index < -0.39 is 5.82 Å². The van der Waals surface area contributed by atoms with E-state index in [1.165, 1.54) is 6.07 Å². The molecule has 0 aliphatic heterocycles. The molecule has 2 N–H and O–H groups in total. The molecule has 2 rings (SSSR count). The lowest BCUT2D eigenvalue weighted by molar-refractivity contribution is 0.299. The number of rotatable bonds is 4. The molecular weight excluding hydrogens is 255 g/mol. The summed E-state index contributed by atoms with van der Waals surface area (Å²) in [4.78, 5) is 0. The predicted octanol–water partition coefficient (Wildman–Crippen LogP) is 3.30. The molecule has 0 aliphatic carbocycles. The zero-order valence-electron chi connectivity index (χ0n) is 11.1. The molecule has 0 aromatic heterocycles. The summed E-state index contributed by atoms with van der Waals surface area (Å²) in [7, 11) is 0. The van der Waals surface area contributed by atoms with Gasteiger partial charge in [0.2, 0.25) is 0 Å². The second-order valence-corrected chi connectivity index (χ2v) is 4.54. The lowest BCUT2D eigenvalue weighted by Gasteiger charge is -2.10. The monoisotopic (exact) mass is 270 g/mol. The maximum atomic E-state index is 13.9. The maximum absolute atomic E-state index is 13.9. The van der Waals surface area contributed by atoms with Crippen LogP contribution in [0, 0.1) is 17.1 Å². The summed E-state index contributed by atoms with van der Waals surface area (Å²) in [5, 5.41) is 8.78. The Morgan fingerprint density at radius 3 is 2.75 bits per heavy atom. The first-order valence-corrected chi connectivity index (χ1v) is 6.27. The number of nitrogens with zero attached hydrogens (tertiary/aromatic N) is 1. The number of nitriles is 1. The molecule has 0 radical (unpaired) electrons. The minimum Gasteiger partial charge on any atom is -0.489 e. The third-order valence-electron chi connectivity index (χ3n) is 2.98. The smallest absolute Gasteiger partial charge is 0.147 e. The molecule has 0 saturated carbocycles. The van der Waals surface area contributed by atoms with Gasteiger partial charge >= 0.3 is 0 Å². The van der Waals surface area contributed by atoms with Gasteiger partial charge in [-0.3, -0.25) is 0 Å². The summed E-state index contributed by atoms with van der Waals surface area (Å²) in [6.45, 7) is 1.96. The van der Waals surface area contributed by atoms with Crippen LogP contribution in [0.4, 0.5) is 4.39 Å². The molecule has 102 valence electrons. The van der Waals surface area contributed by atoms with Crippen molar-refractivity contribution in [2.24, 2.45) is 5.73 Å². The number of ether oxygens (including phenoxy) is 1. The second-order valence-electron chi connectivity index (χ2n) is 4.54. The molecule has 0 heterocycles. The molecule has 1 atom stereocenters. The Balaban J connectivity index is 2.13. The van der Waals surface area contributed by atoms with Crippen LogP contribution in [0.2, 0.25) is 0 Å². The van der Waals surface area contributed by atoms with Gasteiger partial charge in [-0.1, -0.05) is 24.3 Å². The van der Waals surface area contributed by atoms with Gasteiger partial charge in [0.05, 0.1) is 5.56 Å². The Morgan fingerprint density at radius 1 is 1.30 bits per heavy atom. The van der Waals surface area contributed by atoms with E-state index in [-0.39, 0.29) is 18.2 Å². The fraction of sp³-hybridized carbons (Fsp3) is 0.188. The SMILES string of the molecule is C[C@H](N)c1cccc(OCc2cccc(C#N)c2F)c1. The van der Waals surface area contributed by atoms with Crippen LogP contribution in [0.3, 0.4) is 0 Å². The second kappa shape index (κ2) is 6.18. The zero-order chi connectivity index (χ0) is 14.5. The average Bonchev–Trinajstić information content (AvgIpc) is 2.46. The molecule has 0 bridgehead atoms. The fourth-order valence-electron chi connectivity index (χ4n) is 1.83. The number of halogens is 1. The van der Waals surface area contributed by atoms with Gasteiger partial charge in [-0.15, -0.1) is 0 Å². The van der Waals surface area contributed by atoms with Gasteiger partial charge in [0.15, 0.2) is 0 Å². The summed E-state index contributed by atoms with van der Waals surface area (Å²) >= 11 is 0. The first-order chi connectivity index (χ1) is 9.61. The van der Waals surface area contributed by atoms with Crippen LogP contribution in [-0.4, -0.2) is 0 Å². The van der Waals surface area contributed by atoms with Crippen LogP contribution < -0.4 is 10.5 Å². The van der Waals surface area contributed by atoms with Crippen molar-refractivity contribution in [3.05, 3.63) is 65.0 Å². The van der Waals surface area contributed by atoms with Gasteiger partial charge in [0.1, 0.15) is 24.2 Å². The van der Waals surface area contributed by atoms with Crippen molar-refractivity contribution in [3.63, 3.8) is 0 Å². The van der Waals surface area contributed by atoms with E-state index in [1.807, 2.05) is 31.2 Å². The van der Waals surface area contributed by atoms with Crippen LogP contribution in [0.5, 0.6) is 5.75 Å². The van der Waals surface area contributed by atoms with Gasteiger partial charge in [-0.2, -0.15) is 5.26 Å². The molecule has 20 heavy (non-hydrogen) atoms. The van der Waals surface area contributed by atoms with Crippen molar-refractivity contribution in [2.45, 2.75) is 19.6 Å². The normalized spacial score (nSPS) is 11.7. The molecule has 0 spiro atoms. The summed E-state index contributed by atoms with van der Waals surface area (Å²) in [5.74, 6) is 0.0971. The molecular formula is C16H15FN2O. The maximum Gasteiger partial charge on any atom is 0.147 e. The van der Waals surface area contributed by atoms with E-state index >= 15 is 0 Å².